The van der Waals surface area contributed by atoms with Crippen molar-refractivity contribution in [3.05, 3.63) is 47.2 Å². The summed E-state index contributed by atoms with van der Waals surface area (Å²) in [4.78, 5) is 35.1. The van der Waals surface area contributed by atoms with Gasteiger partial charge < -0.3 is 20.6 Å². The number of carbonyl (C=O) groups excluding carboxylic acids is 1. The third-order valence-electron chi connectivity index (χ3n) is 5.67. The second kappa shape index (κ2) is 9.12. The zero-order chi connectivity index (χ0) is 22.8. The molecule has 8 nitrogen and oxygen atoms in total. The Morgan fingerprint density at radius 3 is 2.81 bits per heavy atom. The van der Waals surface area contributed by atoms with E-state index in [0.29, 0.717) is 29.8 Å². The third-order valence-corrected chi connectivity index (χ3v) is 6.63. The minimum absolute atomic E-state index is 0.176. The quantitative estimate of drug-likeness (QED) is 0.523. The number of amides is 2. The van der Waals surface area contributed by atoms with Gasteiger partial charge in [0.15, 0.2) is 0 Å². The molecule has 4 heterocycles. The van der Waals surface area contributed by atoms with E-state index in [1.165, 1.54) is 0 Å². The zero-order valence-electron chi connectivity index (χ0n) is 18.3. The highest BCUT2D eigenvalue weighted by Gasteiger charge is 2.27. The molecule has 4 rings (SSSR count). The van der Waals surface area contributed by atoms with Crippen molar-refractivity contribution in [3.63, 3.8) is 0 Å². The molecule has 2 atom stereocenters. The first-order valence-electron chi connectivity index (χ1n) is 10.7. The lowest BCUT2D eigenvalue weighted by Crippen LogP contribution is -2.50. The van der Waals surface area contributed by atoms with Crippen LogP contribution in [0.5, 0.6) is 0 Å². The average Bonchev–Trinajstić information content (AvgIpc) is 3.16. The molecule has 9 heteroatoms. The molecule has 1 aliphatic heterocycles. The van der Waals surface area contributed by atoms with E-state index in [0.717, 1.165) is 34.4 Å². The van der Waals surface area contributed by atoms with Gasteiger partial charge in [-0.05, 0) is 47.4 Å². The summed E-state index contributed by atoms with van der Waals surface area (Å²) in [6, 6.07) is 5.35. The highest BCUT2D eigenvalue weighted by molar-refractivity contribution is 7.17. The van der Waals surface area contributed by atoms with E-state index in [4.69, 9.17) is 5.11 Å². The van der Waals surface area contributed by atoms with Crippen LogP contribution in [0.2, 0.25) is 0 Å². The van der Waals surface area contributed by atoms with Crippen LogP contribution in [0.15, 0.2) is 36.0 Å². The van der Waals surface area contributed by atoms with Crippen LogP contribution in [0.4, 0.5) is 16.2 Å². The van der Waals surface area contributed by atoms with Crippen molar-refractivity contribution in [1.82, 2.24) is 15.3 Å². The Hall–Kier alpha value is -3.20. The normalized spacial score (nSPS) is 18.7. The van der Waals surface area contributed by atoms with Crippen molar-refractivity contribution < 1.29 is 14.7 Å². The van der Waals surface area contributed by atoms with Crippen LogP contribution >= 0.6 is 11.3 Å². The summed E-state index contributed by atoms with van der Waals surface area (Å²) in [7, 11) is 0. The molecule has 0 aliphatic carbocycles. The van der Waals surface area contributed by atoms with Gasteiger partial charge in [-0.2, -0.15) is 0 Å². The maximum atomic E-state index is 13.1. The molecule has 0 spiro atoms. The monoisotopic (exact) mass is 453 g/mol. The van der Waals surface area contributed by atoms with E-state index in [2.05, 4.69) is 51.7 Å². The van der Waals surface area contributed by atoms with Crippen molar-refractivity contribution in [3.8, 4) is 0 Å². The molecular weight excluding hydrogens is 426 g/mol. The van der Waals surface area contributed by atoms with Crippen molar-refractivity contribution in [2.45, 2.75) is 39.2 Å². The number of anilines is 2. The lowest BCUT2D eigenvalue weighted by molar-refractivity contribution is 0.102. The maximum Gasteiger partial charge on any atom is 0.404 e. The third kappa shape index (κ3) is 4.67. The first-order chi connectivity index (χ1) is 15.3. The number of piperidine rings is 1. The fraction of sp³-hybridized carbons (Fsp3) is 0.391. The first kappa shape index (κ1) is 22.0. The molecule has 3 N–H and O–H groups in total. The smallest absolute Gasteiger partial charge is 0.404 e. The number of carboxylic acid groups (broad SMARTS) is 1. The van der Waals surface area contributed by atoms with E-state index in [1.54, 1.807) is 29.8 Å². The summed E-state index contributed by atoms with van der Waals surface area (Å²) in [5.74, 6) is 0.328. The molecule has 1 aliphatic rings. The number of nitrogens with zero attached hydrogens (tertiary/aromatic N) is 3. The lowest BCUT2D eigenvalue weighted by atomic mass is 9.95. The van der Waals surface area contributed by atoms with Crippen LogP contribution in [0, 0.1) is 5.92 Å². The van der Waals surface area contributed by atoms with Crippen LogP contribution in [-0.2, 0) is 0 Å². The van der Waals surface area contributed by atoms with Gasteiger partial charge in [0.2, 0.25) is 0 Å². The van der Waals surface area contributed by atoms with Gasteiger partial charge in [0.25, 0.3) is 5.91 Å². The van der Waals surface area contributed by atoms with Gasteiger partial charge in [-0.1, -0.05) is 20.8 Å². The number of nitrogens with one attached hydrogen (secondary N) is 2. The van der Waals surface area contributed by atoms with Gasteiger partial charge in [0.1, 0.15) is 5.69 Å². The predicted molar refractivity (Wildman–Crippen MR) is 127 cm³/mol. The minimum atomic E-state index is -1.03. The Kier molecular flexibility index (Phi) is 6.27. The zero-order valence-corrected chi connectivity index (χ0v) is 19.1. The number of hydrogen-bond acceptors (Lipinski definition) is 6. The predicted octanol–water partition coefficient (Wildman–Crippen LogP) is 4.55. The van der Waals surface area contributed by atoms with E-state index < -0.39 is 6.09 Å². The maximum absolute atomic E-state index is 13.1. The van der Waals surface area contributed by atoms with E-state index in [-0.39, 0.29) is 11.9 Å². The summed E-state index contributed by atoms with van der Waals surface area (Å²) in [6.45, 7) is 7.62. The Morgan fingerprint density at radius 2 is 2.06 bits per heavy atom. The molecule has 32 heavy (non-hydrogen) atoms. The van der Waals surface area contributed by atoms with Crippen molar-refractivity contribution >= 4 is 44.9 Å². The van der Waals surface area contributed by atoms with Gasteiger partial charge in [-0.25, -0.2) is 9.78 Å². The molecule has 1 saturated heterocycles. The minimum Gasteiger partial charge on any atom is -0.465 e. The number of fused-ring (bicyclic) bond motifs is 1. The molecule has 2 amide bonds. The number of pyridine rings is 2. The average molecular weight is 454 g/mol. The molecule has 168 valence electrons. The number of hydrogen-bond donors (Lipinski definition) is 3. The summed E-state index contributed by atoms with van der Waals surface area (Å²) in [5, 5.41) is 16.8. The van der Waals surface area contributed by atoms with E-state index in [9.17, 15) is 9.59 Å². The number of aromatic nitrogens is 2. The number of rotatable bonds is 5. The van der Waals surface area contributed by atoms with Gasteiger partial charge in [-0.3, -0.25) is 9.78 Å². The molecule has 0 radical (unpaired) electrons. The Balaban J connectivity index is 1.58. The van der Waals surface area contributed by atoms with Gasteiger partial charge in [-0.15, -0.1) is 11.3 Å². The lowest BCUT2D eigenvalue weighted by Gasteiger charge is -2.38. The second-order valence-corrected chi connectivity index (χ2v) is 9.54. The topological polar surface area (TPSA) is 107 Å². The van der Waals surface area contributed by atoms with Crippen LogP contribution in [0.25, 0.3) is 10.2 Å². The summed E-state index contributed by atoms with van der Waals surface area (Å²) in [5.41, 5.74) is 3.76. The van der Waals surface area contributed by atoms with Crippen LogP contribution in [0.3, 0.4) is 0 Å². The molecule has 0 saturated carbocycles. The molecule has 0 aromatic carbocycles. The van der Waals surface area contributed by atoms with Crippen LogP contribution in [0.1, 0.15) is 49.2 Å². The molecule has 1 fully saturated rings. The van der Waals surface area contributed by atoms with Crippen LogP contribution in [-0.4, -0.2) is 46.2 Å². The summed E-state index contributed by atoms with van der Waals surface area (Å²) in [6.07, 6.45) is 3.05. The highest BCUT2D eigenvalue weighted by atomic mass is 32.1. The van der Waals surface area contributed by atoms with E-state index in [1.807, 2.05) is 12.1 Å². The standard InChI is InChI=1S/C23H27N5O3S/c1-13(2)16-12-32-20-5-4-17(26-21(16)20)22(29)27-18-9-24-7-6-19(18)28-10-14(3)8-15(11-28)25-23(30)31/h4-7,9,12-15,25H,8,10-11H2,1-3H3,(H,27,29)(H,30,31)/t14-,15+/m1/s1. The van der Waals surface area contributed by atoms with Crippen LogP contribution < -0.4 is 15.5 Å². The van der Waals surface area contributed by atoms with Crippen molar-refractivity contribution in [1.29, 1.82) is 0 Å². The number of thiophene rings is 1. The molecule has 3 aromatic heterocycles. The summed E-state index contributed by atoms with van der Waals surface area (Å²) < 4.78 is 1.06. The number of carbonyl (C=O) groups is 2. The van der Waals surface area contributed by atoms with Gasteiger partial charge in [0.05, 0.1) is 27.8 Å². The molecular formula is C23H27N5O3S. The van der Waals surface area contributed by atoms with Crippen molar-refractivity contribution in [2.75, 3.05) is 23.3 Å². The van der Waals surface area contributed by atoms with E-state index >= 15 is 0 Å². The van der Waals surface area contributed by atoms with Crippen molar-refractivity contribution in [2.24, 2.45) is 5.92 Å². The molecule has 3 aromatic rings. The van der Waals surface area contributed by atoms with Gasteiger partial charge in [0, 0.05) is 25.3 Å². The first-order valence-corrected chi connectivity index (χ1v) is 11.6. The summed E-state index contributed by atoms with van der Waals surface area (Å²) >= 11 is 1.63. The fourth-order valence-corrected chi connectivity index (χ4v) is 5.30. The highest BCUT2D eigenvalue weighted by Crippen LogP contribution is 2.31. The Morgan fingerprint density at radius 1 is 1.25 bits per heavy atom. The van der Waals surface area contributed by atoms with Gasteiger partial charge >= 0.3 is 6.09 Å². The second-order valence-electron chi connectivity index (χ2n) is 8.63. The SMILES string of the molecule is CC(C)c1csc2ccc(C(=O)Nc3cnccc3N3C[C@H](C)C[C@H](NC(=O)O)C3)nc12. The fourth-order valence-electron chi connectivity index (χ4n) is 4.24. The Labute approximate surface area is 190 Å². The Bertz CT molecular complexity index is 1150. The molecule has 0 bridgehead atoms. The largest absolute Gasteiger partial charge is 0.465 e. The molecule has 0 unspecified atom stereocenters.